The first kappa shape index (κ1) is 15.0. The first-order valence-electron chi connectivity index (χ1n) is 7.80. The van der Waals surface area contributed by atoms with E-state index in [1.54, 1.807) is 35.3 Å². The van der Waals surface area contributed by atoms with Gasteiger partial charge in [-0.25, -0.2) is 19.0 Å². The van der Waals surface area contributed by atoms with Crippen molar-refractivity contribution in [2.24, 2.45) is 0 Å². The highest BCUT2D eigenvalue weighted by Crippen LogP contribution is 2.48. The van der Waals surface area contributed by atoms with Gasteiger partial charge in [-0.1, -0.05) is 0 Å². The zero-order chi connectivity index (χ0) is 17.4. The van der Waals surface area contributed by atoms with Crippen molar-refractivity contribution in [3.63, 3.8) is 0 Å². The number of fused-ring (bicyclic) bond motifs is 3. The molecule has 0 fully saturated rings. The molecule has 6 rings (SSSR count). The van der Waals surface area contributed by atoms with Gasteiger partial charge in [0.1, 0.15) is 12.7 Å². The highest BCUT2D eigenvalue weighted by molar-refractivity contribution is 7.41. The van der Waals surface area contributed by atoms with Gasteiger partial charge in [-0.05, 0) is 25.0 Å². The predicted molar refractivity (Wildman–Crippen MR) is 109 cm³/mol. The molecule has 0 saturated heterocycles. The Balaban J connectivity index is 1.60. The van der Waals surface area contributed by atoms with Crippen LogP contribution in [0.3, 0.4) is 0 Å². The molecule has 6 aromatic heterocycles. The average Bonchev–Trinajstić information content (AvgIpc) is 3.39. The minimum Gasteiger partial charge on any atom is -0.206 e. The van der Waals surface area contributed by atoms with Crippen molar-refractivity contribution in [3.05, 3.63) is 34.5 Å². The number of aryl methyl sites for hydroxylation is 2. The molecule has 0 atom stereocenters. The molecule has 0 spiro atoms. The summed E-state index contributed by atoms with van der Waals surface area (Å²) in [5.74, 6) is 0. The van der Waals surface area contributed by atoms with Crippen molar-refractivity contribution < 1.29 is 0 Å². The Morgan fingerprint density at radius 2 is 1.27 bits per heavy atom. The monoisotopic (exact) mass is 414 g/mol. The largest absolute Gasteiger partial charge is 0.212 e. The normalized spacial score (nSPS) is 12.2. The Labute approximate surface area is 163 Å². The van der Waals surface area contributed by atoms with Crippen LogP contribution in [0.5, 0.6) is 0 Å². The van der Waals surface area contributed by atoms with E-state index < -0.39 is 0 Å². The average molecular weight is 415 g/mol. The summed E-state index contributed by atoms with van der Waals surface area (Å²) < 4.78 is 5.20. The summed E-state index contributed by atoms with van der Waals surface area (Å²) in [5, 5.41) is 14.4. The molecule has 0 aliphatic heterocycles. The van der Waals surface area contributed by atoms with Crippen LogP contribution in [0, 0.1) is 13.8 Å². The fourth-order valence-corrected chi connectivity index (χ4v) is 7.92. The maximum Gasteiger partial charge on any atom is 0.212 e. The molecule has 6 nitrogen and oxygen atoms in total. The zero-order valence-electron chi connectivity index (χ0n) is 13.6. The third kappa shape index (κ3) is 1.84. The molecule has 0 bridgehead atoms. The summed E-state index contributed by atoms with van der Waals surface area (Å²) in [6.07, 6.45) is 3.23. The van der Waals surface area contributed by atoms with Crippen molar-refractivity contribution >= 4 is 64.7 Å². The van der Waals surface area contributed by atoms with Crippen LogP contribution in [-0.2, 0) is 0 Å². The lowest BCUT2D eigenvalue weighted by atomic mass is 10.1. The lowest BCUT2D eigenvalue weighted by Crippen LogP contribution is -1.88. The number of hydrogen-bond acceptors (Lipinski definition) is 8. The van der Waals surface area contributed by atoms with Crippen LogP contribution in [0.4, 0.5) is 0 Å². The number of rotatable bonds is 2. The van der Waals surface area contributed by atoms with Crippen LogP contribution >= 0.6 is 45.3 Å². The first-order valence-corrected chi connectivity index (χ1v) is 11.2. The molecule has 0 unspecified atom stereocenters. The number of nitrogens with zero attached hydrogens (tertiary/aromatic N) is 6. The van der Waals surface area contributed by atoms with Gasteiger partial charge in [0, 0.05) is 16.1 Å². The Morgan fingerprint density at radius 3 is 1.73 bits per heavy atom. The van der Waals surface area contributed by atoms with Gasteiger partial charge in [-0.2, -0.15) is 10.2 Å². The fourth-order valence-electron chi connectivity index (χ4n) is 3.33. The van der Waals surface area contributed by atoms with Gasteiger partial charge in [0.05, 0.1) is 25.2 Å². The van der Waals surface area contributed by atoms with Crippen LogP contribution in [0.1, 0.15) is 11.1 Å². The number of aromatic nitrogens is 6. The van der Waals surface area contributed by atoms with Crippen molar-refractivity contribution in [2.75, 3.05) is 0 Å². The van der Waals surface area contributed by atoms with Crippen molar-refractivity contribution in [1.82, 2.24) is 29.2 Å². The first-order chi connectivity index (χ1) is 12.7. The number of hydrogen-bond donors (Lipinski definition) is 0. The molecule has 0 saturated carbocycles. The van der Waals surface area contributed by atoms with E-state index in [0.29, 0.717) is 0 Å². The lowest BCUT2D eigenvalue weighted by Gasteiger charge is -2.00. The quantitative estimate of drug-likeness (QED) is 0.394. The Bertz CT molecular complexity index is 1320. The van der Waals surface area contributed by atoms with Gasteiger partial charge >= 0.3 is 0 Å². The predicted octanol–water partition coefficient (Wildman–Crippen LogP) is 5.12. The van der Waals surface area contributed by atoms with E-state index >= 15 is 0 Å². The second-order valence-corrected chi connectivity index (χ2v) is 9.90. The van der Waals surface area contributed by atoms with Crippen molar-refractivity contribution in [1.29, 1.82) is 0 Å². The Hall–Kier alpha value is -2.14. The highest BCUT2D eigenvalue weighted by Gasteiger charge is 2.22. The maximum absolute atomic E-state index is 4.37. The van der Waals surface area contributed by atoms with E-state index in [0.717, 1.165) is 21.3 Å². The lowest BCUT2D eigenvalue weighted by molar-refractivity contribution is 0.985. The van der Waals surface area contributed by atoms with E-state index in [9.17, 15) is 0 Å². The Kier molecular flexibility index (Phi) is 2.99. The van der Waals surface area contributed by atoms with Crippen molar-refractivity contribution in [2.45, 2.75) is 13.8 Å². The summed E-state index contributed by atoms with van der Waals surface area (Å²) >= 11 is 6.92. The summed E-state index contributed by atoms with van der Waals surface area (Å²) in [7, 11) is 0. The molecule has 6 heterocycles. The van der Waals surface area contributed by atoms with Crippen LogP contribution in [-0.4, -0.2) is 29.2 Å². The van der Waals surface area contributed by atoms with E-state index in [4.69, 9.17) is 0 Å². The molecule has 128 valence electrons. The summed E-state index contributed by atoms with van der Waals surface area (Å²) in [6, 6.07) is 0. The van der Waals surface area contributed by atoms with E-state index in [1.165, 1.54) is 30.3 Å². The van der Waals surface area contributed by atoms with Gasteiger partial charge < -0.3 is 0 Å². The number of thiazole rings is 2. The zero-order valence-corrected chi connectivity index (χ0v) is 16.9. The summed E-state index contributed by atoms with van der Waals surface area (Å²) in [4.78, 5) is 13.0. The topological polar surface area (TPSA) is 60.4 Å². The molecule has 0 N–H and O–H groups in total. The molecule has 10 heteroatoms. The van der Waals surface area contributed by atoms with E-state index in [1.807, 2.05) is 31.7 Å². The third-order valence-corrected chi connectivity index (χ3v) is 8.91. The van der Waals surface area contributed by atoms with E-state index in [-0.39, 0.29) is 0 Å². The van der Waals surface area contributed by atoms with Gasteiger partial charge in [0.15, 0.2) is 0 Å². The van der Waals surface area contributed by atoms with E-state index in [2.05, 4.69) is 44.8 Å². The third-order valence-electron chi connectivity index (χ3n) is 4.53. The smallest absolute Gasteiger partial charge is 0.206 e. The summed E-state index contributed by atoms with van der Waals surface area (Å²) in [5.41, 5.74) is 4.88. The maximum atomic E-state index is 4.37. The standard InChI is InChI=1S/C16H10N6S4/c1-7-11-8(2)13(10-4-24-16-18-6-20-22(10)16)26-14(11)25-12(7)9-3-23-15-17-5-19-21(9)15/h3-6H,1-2H3. The molecule has 0 radical (unpaired) electrons. The molecule has 0 amide bonds. The Morgan fingerprint density at radius 1 is 0.769 bits per heavy atom. The molecular weight excluding hydrogens is 404 g/mol. The molecule has 0 aliphatic carbocycles. The minimum absolute atomic E-state index is 0.931. The van der Waals surface area contributed by atoms with Crippen LogP contribution < -0.4 is 0 Å². The minimum atomic E-state index is 0.931. The SMILES string of the molecule is Cc1c(-c2csc3ncnn23)sc2sc(-c3csc4ncnn34)c(C)c12. The van der Waals surface area contributed by atoms with Crippen LogP contribution in [0.15, 0.2) is 23.4 Å². The molecule has 0 aliphatic rings. The van der Waals surface area contributed by atoms with Gasteiger partial charge in [0.25, 0.3) is 0 Å². The highest BCUT2D eigenvalue weighted by atomic mass is 32.2. The molecule has 6 aromatic rings. The van der Waals surface area contributed by atoms with Gasteiger partial charge in [0.2, 0.25) is 9.92 Å². The van der Waals surface area contributed by atoms with Crippen LogP contribution in [0.25, 0.3) is 40.5 Å². The van der Waals surface area contributed by atoms with Crippen molar-refractivity contribution in [3.8, 4) is 21.1 Å². The number of thiophene rings is 2. The van der Waals surface area contributed by atoms with Gasteiger partial charge in [-0.3, -0.25) is 0 Å². The second-order valence-electron chi connectivity index (χ2n) is 5.93. The second kappa shape index (κ2) is 5.19. The van der Waals surface area contributed by atoms with Crippen LogP contribution in [0.2, 0.25) is 0 Å². The fraction of sp³-hybridized carbons (Fsp3) is 0.125. The molecular formula is C16H10N6S4. The molecule has 0 aromatic carbocycles. The summed E-state index contributed by atoms with van der Waals surface area (Å²) in [6.45, 7) is 4.41. The van der Waals surface area contributed by atoms with Gasteiger partial charge in [-0.15, -0.1) is 45.3 Å². The molecule has 26 heavy (non-hydrogen) atoms.